The molecule has 28 heavy (non-hydrogen) atoms. The van der Waals surface area contributed by atoms with Crippen LogP contribution < -0.4 is 5.56 Å². The SMILES string of the molecule is CCCc1c(Cc2ccc(-c3oc(Br)cc3C#N)cc2)c(=O)[nH]c2ncnn12. The molecule has 3 aromatic heterocycles. The monoisotopic (exact) mass is 437 g/mol. The molecular weight excluding hydrogens is 422 g/mol. The Kier molecular flexibility index (Phi) is 4.84. The molecule has 3 heterocycles. The van der Waals surface area contributed by atoms with E-state index in [4.69, 9.17) is 4.42 Å². The molecule has 0 saturated heterocycles. The highest BCUT2D eigenvalue weighted by Gasteiger charge is 2.15. The van der Waals surface area contributed by atoms with E-state index in [1.807, 2.05) is 24.3 Å². The lowest BCUT2D eigenvalue weighted by atomic mass is 10.0. The molecule has 0 atom stereocenters. The second-order valence-electron chi connectivity index (χ2n) is 6.40. The number of aromatic nitrogens is 4. The van der Waals surface area contributed by atoms with Crippen LogP contribution in [0.3, 0.4) is 0 Å². The van der Waals surface area contributed by atoms with Gasteiger partial charge in [-0.15, -0.1) is 0 Å². The summed E-state index contributed by atoms with van der Waals surface area (Å²) in [4.78, 5) is 19.5. The summed E-state index contributed by atoms with van der Waals surface area (Å²) < 4.78 is 7.80. The number of aromatic amines is 1. The first kappa shape index (κ1) is 18.2. The maximum atomic E-state index is 12.6. The number of nitrogens with zero attached hydrogens (tertiary/aromatic N) is 4. The van der Waals surface area contributed by atoms with Crippen LogP contribution in [0.1, 0.15) is 35.7 Å². The zero-order valence-electron chi connectivity index (χ0n) is 15.1. The van der Waals surface area contributed by atoms with Crippen molar-refractivity contribution in [2.75, 3.05) is 0 Å². The molecule has 0 aliphatic carbocycles. The lowest BCUT2D eigenvalue weighted by Crippen LogP contribution is -2.20. The molecule has 0 aliphatic rings. The number of nitrogens with one attached hydrogen (secondary N) is 1. The van der Waals surface area contributed by atoms with Crippen LogP contribution in [0.4, 0.5) is 0 Å². The fourth-order valence-electron chi connectivity index (χ4n) is 3.27. The Morgan fingerprint density at radius 2 is 2.11 bits per heavy atom. The van der Waals surface area contributed by atoms with E-state index < -0.39 is 0 Å². The van der Waals surface area contributed by atoms with Gasteiger partial charge in [-0.2, -0.15) is 15.3 Å². The van der Waals surface area contributed by atoms with Gasteiger partial charge >= 0.3 is 0 Å². The fourth-order valence-corrected chi connectivity index (χ4v) is 3.66. The van der Waals surface area contributed by atoms with Gasteiger partial charge in [0.05, 0.1) is 11.3 Å². The molecule has 1 aromatic carbocycles. The Morgan fingerprint density at radius 1 is 1.32 bits per heavy atom. The molecule has 0 fully saturated rings. The average Bonchev–Trinajstić information content (AvgIpc) is 3.31. The Labute approximate surface area is 168 Å². The minimum absolute atomic E-state index is 0.144. The largest absolute Gasteiger partial charge is 0.448 e. The average molecular weight is 438 g/mol. The predicted molar refractivity (Wildman–Crippen MR) is 107 cm³/mol. The molecule has 4 rings (SSSR count). The van der Waals surface area contributed by atoms with Crippen molar-refractivity contribution in [2.45, 2.75) is 26.2 Å². The number of nitriles is 1. The molecule has 0 spiro atoms. The van der Waals surface area contributed by atoms with Crippen LogP contribution in [0.15, 0.2) is 50.5 Å². The number of hydrogen-bond acceptors (Lipinski definition) is 5. The number of halogens is 1. The maximum absolute atomic E-state index is 12.6. The Bertz CT molecular complexity index is 1240. The van der Waals surface area contributed by atoms with Gasteiger partial charge in [0.15, 0.2) is 10.4 Å². The van der Waals surface area contributed by atoms with Gasteiger partial charge in [0.25, 0.3) is 5.56 Å². The highest BCUT2D eigenvalue weighted by molar-refractivity contribution is 9.10. The minimum atomic E-state index is -0.144. The molecule has 0 amide bonds. The topological polar surface area (TPSA) is 100.0 Å². The molecule has 8 heteroatoms. The second kappa shape index (κ2) is 7.44. The van der Waals surface area contributed by atoms with Crippen LogP contribution in [0.2, 0.25) is 0 Å². The summed E-state index contributed by atoms with van der Waals surface area (Å²) in [6.45, 7) is 2.07. The molecule has 0 aliphatic heterocycles. The number of rotatable bonds is 5. The predicted octanol–water partition coefficient (Wildman–Crippen LogP) is 3.86. The van der Waals surface area contributed by atoms with Crippen molar-refractivity contribution < 1.29 is 4.42 Å². The van der Waals surface area contributed by atoms with Gasteiger partial charge in [0.2, 0.25) is 5.78 Å². The normalized spacial score (nSPS) is 11.0. The number of fused-ring (bicyclic) bond motifs is 1. The van der Waals surface area contributed by atoms with Crippen molar-refractivity contribution in [2.24, 2.45) is 0 Å². The number of hydrogen-bond donors (Lipinski definition) is 1. The van der Waals surface area contributed by atoms with E-state index in [-0.39, 0.29) is 5.56 Å². The first-order chi connectivity index (χ1) is 13.6. The highest BCUT2D eigenvalue weighted by Crippen LogP contribution is 2.30. The van der Waals surface area contributed by atoms with Crippen molar-refractivity contribution in [3.63, 3.8) is 0 Å². The van der Waals surface area contributed by atoms with Crippen LogP contribution in [0, 0.1) is 11.3 Å². The van der Waals surface area contributed by atoms with Gasteiger partial charge < -0.3 is 4.42 Å². The van der Waals surface area contributed by atoms with Crippen molar-refractivity contribution in [3.8, 4) is 17.4 Å². The zero-order valence-corrected chi connectivity index (χ0v) is 16.7. The standard InChI is InChI=1S/C20H16BrN5O2/c1-2-3-16-15(19(27)25-20-23-11-24-26(16)20)8-12-4-6-13(7-5-12)18-14(10-22)9-17(21)28-18/h4-7,9,11H,2-3,8H2,1H3,(H,23,24,25,27). The summed E-state index contributed by atoms with van der Waals surface area (Å²) in [5, 5.41) is 13.5. The van der Waals surface area contributed by atoms with E-state index in [9.17, 15) is 10.1 Å². The zero-order chi connectivity index (χ0) is 19.7. The van der Waals surface area contributed by atoms with E-state index in [1.54, 1.807) is 10.6 Å². The minimum Gasteiger partial charge on any atom is -0.448 e. The van der Waals surface area contributed by atoms with Gasteiger partial charge in [-0.3, -0.25) is 9.78 Å². The van der Waals surface area contributed by atoms with Crippen molar-refractivity contribution in [1.82, 2.24) is 19.6 Å². The third-order valence-electron chi connectivity index (χ3n) is 4.56. The summed E-state index contributed by atoms with van der Waals surface area (Å²) in [6.07, 6.45) is 3.56. The van der Waals surface area contributed by atoms with Crippen LogP contribution >= 0.6 is 15.9 Å². The quantitative estimate of drug-likeness (QED) is 0.510. The molecule has 7 nitrogen and oxygen atoms in total. The summed E-state index contributed by atoms with van der Waals surface area (Å²) in [5.74, 6) is 0.981. The third kappa shape index (κ3) is 3.25. The third-order valence-corrected chi connectivity index (χ3v) is 4.95. The van der Waals surface area contributed by atoms with E-state index in [1.165, 1.54) is 6.33 Å². The van der Waals surface area contributed by atoms with Gasteiger partial charge in [-0.25, -0.2) is 4.52 Å². The lowest BCUT2D eigenvalue weighted by molar-refractivity contribution is 0.555. The fraction of sp³-hybridized carbons (Fsp3) is 0.200. The first-order valence-corrected chi connectivity index (χ1v) is 9.62. The molecule has 140 valence electrons. The smallest absolute Gasteiger partial charge is 0.256 e. The van der Waals surface area contributed by atoms with Crippen LogP contribution in [-0.4, -0.2) is 19.6 Å². The van der Waals surface area contributed by atoms with Gasteiger partial charge in [0.1, 0.15) is 12.4 Å². The summed E-state index contributed by atoms with van der Waals surface area (Å²) >= 11 is 3.26. The molecular formula is C20H16BrN5O2. The molecule has 0 unspecified atom stereocenters. The maximum Gasteiger partial charge on any atom is 0.256 e. The van der Waals surface area contributed by atoms with E-state index >= 15 is 0 Å². The highest BCUT2D eigenvalue weighted by atomic mass is 79.9. The van der Waals surface area contributed by atoms with Crippen molar-refractivity contribution >= 4 is 21.7 Å². The molecule has 4 aromatic rings. The van der Waals surface area contributed by atoms with E-state index in [0.717, 1.165) is 29.7 Å². The van der Waals surface area contributed by atoms with Crippen molar-refractivity contribution in [1.29, 1.82) is 5.26 Å². The lowest BCUT2D eigenvalue weighted by Gasteiger charge is -2.10. The summed E-state index contributed by atoms with van der Waals surface area (Å²) in [6, 6.07) is 11.4. The summed E-state index contributed by atoms with van der Waals surface area (Å²) in [5.41, 5.74) is 3.68. The number of furan rings is 1. The number of aryl methyl sites for hydroxylation is 1. The summed E-state index contributed by atoms with van der Waals surface area (Å²) in [7, 11) is 0. The molecule has 0 bridgehead atoms. The number of H-pyrrole nitrogens is 1. The van der Waals surface area contributed by atoms with Crippen LogP contribution in [0.25, 0.3) is 17.1 Å². The Balaban J connectivity index is 1.70. The Morgan fingerprint density at radius 3 is 2.82 bits per heavy atom. The second-order valence-corrected chi connectivity index (χ2v) is 7.19. The Hall–Kier alpha value is -3.18. The van der Waals surface area contributed by atoms with E-state index in [2.05, 4.69) is 44.0 Å². The van der Waals surface area contributed by atoms with Gasteiger partial charge in [0, 0.05) is 23.6 Å². The van der Waals surface area contributed by atoms with Crippen molar-refractivity contribution in [3.05, 3.63) is 74.1 Å². The van der Waals surface area contributed by atoms with Crippen LogP contribution in [0.5, 0.6) is 0 Å². The van der Waals surface area contributed by atoms with Gasteiger partial charge in [-0.05, 0) is 27.9 Å². The van der Waals surface area contributed by atoms with Gasteiger partial charge in [-0.1, -0.05) is 37.6 Å². The molecule has 0 radical (unpaired) electrons. The van der Waals surface area contributed by atoms with E-state index in [0.29, 0.717) is 33.8 Å². The molecule has 1 N–H and O–H groups in total. The first-order valence-electron chi connectivity index (χ1n) is 8.83. The number of benzene rings is 1. The van der Waals surface area contributed by atoms with Crippen LogP contribution in [-0.2, 0) is 12.8 Å². The molecule has 0 saturated carbocycles.